The number of aliphatic hydroxyl groups excluding tert-OH is 1. The quantitative estimate of drug-likeness (QED) is 0.660. The molecule has 3 unspecified atom stereocenters. The average molecular weight is 292 g/mol. The Morgan fingerprint density at radius 3 is 2.32 bits per heavy atom. The number of amides is 2. The summed E-state index contributed by atoms with van der Waals surface area (Å²) in [5.74, 6) is 0.689. The lowest BCUT2D eigenvalue weighted by Crippen LogP contribution is -2.40. The van der Waals surface area contributed by atoms with Crippen LogP contribution in [0.5, 0.6) is 0 Å². The van der Waals surface area contributed by atoms with E-state index in [4.69, 9.17) is 0 Å². The molecule has 0 aliphatic rings. The fourth-order valence-electron chi connectivity index (χ4n) is 1.56. The van der Waals surface area contributed by atoms with Crippen LogP contribution in [0.2, 0.25) is 0 Å². The minimum Gasteiger partial charge on any atom is -0.393 e. The summed E-state index contributed by atoms with van der Waals surface area (Å²) in [7, 11) is -0.950. The number of rotatable bonds is 7. The van der Waals surface area contributed by atoms with E-state index in [0.29, 0.717) is 25.3 Å². The molecular weight excluding hydrogens is 264 g/mol. The van der Waals surface area contributed by atoms with Crippen molar-refractivity contribution in [2.75, 3.05) is 18.8 Å². The molecule has 0 aliphatic heterocycles. The van der Waals surface area contributed by atoms with Crippen molar-refractivity contribution in [1.29, 1.82) is 0 Å². The van der Waals surface area contributed by atoms with Crippen molar-refractivity contribution >= 4 is 16.8 Å². The molecule has 3 atom stereocenters. The van der Waals surface area contributed by atoms with Gasteiger partial charge in [-0.25, -0.2) is 4.79 Å². The Hall–Kier alpha value is -0.620. The second-order valence-electron chi connectivity index (χ2n) is 5.99. The molecular formula is C13H28N2O3S. The maximum atomic E-state index is 11.7. The van der Waals surface area contributed by atoms with Crippen molar-refractivity contribution in [3.63, 3.8) is 0 Å². The second kappa shape index (κ2) is 8.53. The maximum absolute atomic E-state index is 11.7. The number of nitrogens with one attached hydrogen (secondary N) is 2. The standard InChI is InChI=1S/C13H28N2O3S/c1-10(8-11(2)16)9-15-12(17)14-6-7-19(18)13(3,4)5/h10-11,16H,6-9H2,1-5H3,(H2,14,15,17). The number of carbonyl (C=O) groups is 1. The van der Waals surface area contributed by atoms with Crippen molar-refractivity contribution < 1.29 is 14.1 Å². The Morgan fingerprint density at radius 1 is 1.26 bits per heavy atom. The van der Waals surface area contributed by atoms with Gasteiger partial charge in [0.2, 0.25) is 0 Å². The van der Waals surface area contributed by atoms with Crippen molar-refractivity contribution in [1.82, 2.24) is 10.6 Å². The zero-order valence-corrected chi connectivity index (χ0v) is 13.5. The predicted molar refractivity (Wildman–Crippen MR) is 79.6 cm³/mol. The fraction of sp³-hybridized carbons (Fsp3) is 0.923. The summed E-state index contributed by atoms with van der Waals surface area (Å²) in [4.78, 5) is 11.5. The number of carbonyl (C=O) groups excluding carboxylic acids is 1. The zero-order valence-electron chi connectivity index (χ0n) is 12.7. The van der Waals surface area contributed by atoms with Crippen molar-refractivity contribution in [3.8, 4) is 0 Å². The van der Waals surface area contributed by atoms with E-state index in [2.05, 4.69) is 10.6 Å². The van der Waals surface area contributed by atoms with E-state index in [0.717, 1.165) is 0 Å². The Morgan fingerprint density at radius 2 is 1.84 bits per heavy atom. The number of aliphatic hydroxyl groups is 1. The molecule has 0 aromatic rings. The highest BCUT2D eigenvalue weighted by molar-refractivity contribution is 7.86. The van der Waals surface area contributed by atoms with Crippen LogP contribution in [0.15, 0.2) is 0 Å². The molecule has 0 heterocycles. The average Bonchev–Trinajstić information content (AvgIpc) is 2.24. The molecule has 0 fully saturated rings. The van der Waals surface area contributed by atoms with Gasteiger partial charge in [0.15, 0.2) is 0 Å². The van der Waals surface area contributed by atoms with Crippen molar-refractivity contribution in [2.45, 2.75) is 51.9 Å². The largest absolute Gasteiger partial charge is 0.393 e. The Bertz CT molecular complexity index is 301. The SMILES string of the molecule is CC(O)CC(C)CNC(=O)NCCS(=O)C(C)(C)C. The van der Waals surface area contributed by atoms with E-state index < -0.39 is 10.8 Å². The minimum atomic E-state index is -0.950. The predicted octanol–water partition coefficient (Wildman–Crippen LogP) is 1.24. The van der Waals surface area contributed by atoms with E-state index >= 15 is 0 Å². The minimum absolute atomic E-state index is 0.231. The van der Waals surface area contributed by atoms with Gasteiger partial charge in [-0.3, -0.25) is 4.21 Å². The molecule has 0 bridgehead atoms. The molecule has 3 N–H and O–H groups in total. The van der Waals surface area contributed by atoms with Crippen LogP contribution in [-0.4, -0.2) is 45.0 Å². The lowest BCUT2D eigenvalue weighted by atomic mass is 10.1. The second-order valence-corrected chi connectivity index (χ2v) is 8.31. The first-order valence-corrected chi connectivity index (χ1v) is 8.03. The van der Waals surface area contributed by atoms with Crippen LogP contribution in [0.4, 0.5) is 4.79 Å². The van der Waals surface area contributed by atoms with E-state index in [1.54, 1.807) is 6.92 Å². The number of urea groups is 1. The fourth-order valence-corrected chi connectivity index (χ4v) is 2.46. The Balaban J connectivity index is 3.74. The van der Waals surface area contributed by atoms with Gasteiger partial charge < -0.3 is 15.7 Å². The summed E-state index contributed by atoms with van der Waals surface area (Å²) in [6.07, 6.45) is 0.308. The lowest BCUT2D eigenvalue weighted by molar-refractivity contribution is 0.163. The monoisotopic (exact) mass is 292 g/mol. The Labute approximate surface area is 119 Å². The highest BCUT2D eigenvalue weighted by atomic mass is 32.2. The highest BCUT2D eigenvalue weighted by Crippen LogP contribution is 2.10. The van der Waals surface area contributed by atoms with Gasteiger partial charge >= 0.3 is 6.03 Å². The van der Waals surface area contributed by atoms with E-state index in [-0.39, 0.29) is 22.8 Å². The zero-order chi connectivity index (χ0) is 15.1. The molecule has 114 valence electrons. The van der Waals surface area contributed by atoms with Crippen molar-refractivity contribution in [2.24, 2.45) is 5.92 Å². The third kappa shape index (κ3) is 9.90. The van der Waals surface area contributed by atoms with Crippen molar-refractivity contribution in [3.05, 3.63) is 0 Å². The molecule has 0 saturated carbocycles. The van der Waals surface area contributed by atoms with Crippen LogP contribution < -0.4 is 10.6 Å². The third-order valence-electron chi connectivity index (χ3n) is 2.61. The first-order chi connectivity index (χ1) is 8.62. The molecule has 0 rings (SSSR count). The Kier molecular flexibility index (Phi) is 8.25. The van der Waals surface area contributed by atoms with E-state index in [1.165, 1.54) is 0 Å². The summed E-state index contributed by atoms with van der Waals surface area (Å²) in [6.45, 7) is 10.4. The first kappa shape index (κ1) is 18.4. The van der Waals surface area contributed by atoms with Crippen LogP contribution in [0.3, 0.4) is 0 Å². The van der Waals surface area contributed by atoms with Gasteiger partial charge in [0, 0.05) is 34.4 Å². The summed E-state index contributed by atoms with van der Waals surface area (Å²) in [5.41, 5.74) is 0. The molecule has 0 radical (unpaired) electrons. The highest BCUT2D eigenvalue weighted by Gasteiger charge is 2.18. The van der Waals surface area contributed by atoms with E-state index in [1.807, 2.05) is 27.7 Å². The van der Waals surface area contributed by atoms with E-state index in [9.17, 15) is 14.1 Å². The molecule has 0 saturated heterocycles. The molecule has 2 amide bonds. The molecule has 6 heteroatoms. The van der Waals surface area contributed by atoms with Gasteiger partial charge in [-0.2, -0.15) is 0 Å². The van der Waals surface area contributed by atoms with Gasteiger partial charge in [-0.1, -0.05) is 6.92 Å². The molecule has 0 aromatic heterocycles. The van der Waals surface area contributed by atoms with Gasteiger partial charge in [0.25, 0.3) is 0 Å². The van der Waals surface area contributed by atoms with Crippen LogP contribution in [0, 0.1) is 5.92 Å². The van der Waals surface area contributed by atoms with Gasteiger partial charge in [0.05, 0.1) is 6.10 Å². The molecule has 19 heavy (non-hydrogen) atoms. The topological polar surface area (TPSA) is 78.4 Å². The number of hydrogen-bond acceptors (Lipinski definition) is 3. The first-order valence-electron chi connectivity index (χ1n) is 6.71. The summed E-state index contributed by atoms with van der Waals surface area (Å²) >= 11 is 0. The molecule has 0 spiro atoms. The maximum Gasteiger partial charge on any atom is 0.314 e. The van der Waals surface area contributed by atoms with Crippen LogP contribution >= 0.6 is 0 Å². The van der Waals surface area contributed by atoms with Crippen LogP contribution in [0.25, 0.3) is 0 Å². The van der Waals surface area contributed by atoms with Crippen LogP contribution in [0.1, 0.15) is 41.0 Å². The van der Waals surface area contributed by atoms with Gasteiger partial charge in [-0.05, 0) is 40.0 Å². The molecule has 5 nitrogen and oxygen atoms in total. The normalized spacial score (nSPS) is 16.5. The van der Waals surface area contributed by atoms with Crippen LogP contribution in [-0.2, 0) is 10.8 Å². The summed E-state index contributed by atoms with van der Waals surface area (Å²) in [6, 6.07) is -0.247. The third-order valence-corrected chi connectivity index (χ3v) is 4.55. The van der Waals surface area contributed by atoms with Gasteiger partial charge in [-0.15, -0.1) is 0 Å². The van der Waals surface area contributed by atoms with Gasteiger partial charge in [0.1, 0.15) is 0 Å². The summed E-state index contributed by atoms with van der Waals surface area (Å²) < 4.78 is 11.5. The lowest BCUT2D eigenvalue weighted by Gasteiger charge is -2.18. The summed E-state index contributed by atoms with van der Waals surface area (Å²) in [5, 5.41) is 14.6. The number of hydrogen-bond donors (Lipinski definition) is 3. The smallest absolute Gasteiger partial charge is 0.314 e. The molecule has 0 aliphatic carbocycles. The molecule has 0 aromatic carbocycles.